The van der Waals surface area contributed by atoms with Gasteiger partial charge in [0, 0.05) is 17.8 Å². The van der Waals surface area contributed by atoms with Crippen LogP contribution in [-0.2, 0) is 26.3 Å². The summed E-state index contributed by atoms with van der Waals surface area (Å²) in [7, 11) is -7.33. The van der Waals surface area contributed by atoms with E-state index in [1.54, 1.807) is 18.2 Å². The fraction of sp³-hybridized carbons (Fsp3) is 0.250. The molecule has 3 rings (SSSR count). The van der Waals surface area contributed by atoms with Gasteiger partial charge in [-0.05, 0) is 54.8 Å². The molecule has 0 saturated heterocycles. The Morgan fingerprint density at radius 2 is 1.71 bits per heavy atom. The van der Waals surface area contributed by atoms with E-state index in [2.05, 4.69) is 0 Å². The van der Waals surface area contributed by atoms with E-state index in [0.29, 0.717) is 23.7 Å². The smallest absolute Gasteiger partial charge is 0.264 e. The number of hydrogen-bond acceptors (Lipinski definition) is 4. The standard InChI is InChI=1S/C16H16ClNO4S2/c1-23(19,20)14-5-2-6-15(11-14)24(21,22)18-9-3-4-12-10-13(17)7-8-16(12)18/h2,5-8,10-11H,3-4,9H2,1H3. The number of sulfone groups is 1. The molecule has 128 valence electrons. The van der Waals surface area contributed by atoms with Gasteiger partial charge in [0.1, 0.15) is 0 Å². The maximum atomic E-state index is 13.0. The van der Waals surface area contributed by atoms with E-state index < -0.39 is 19.9 Å². The highest BCUT2D eigenvalue weighted by molar-refractivity contribution is 7.93. The molecule has 0 saturated carbocycles. The van der Waals surface area contributed by atoms with Crippen molar-refractivity contribution >= 4 is 37.1 Å². The number of halogens is 1. The maximum Gasteiger partial charge on any atom is 0.264 e. The SMILES string of the molecule is CS(=O)(=O)c1cccc(S(=O)(=O)N2CCCc3cc(Cl)ccc32)c1. The van der Waals surface area contributed by atoms with Gasteiger partial charge < -0.3 is 0 Å². The first-order chi connectivity index (χ1) is 11.2. The number of sulfonamides is 1. The molecule has 0 aromatic heterocycles. The molecule has 24 heavy (non-hydrogen) atoms. The van der Waals surface area contributed by atoms with Crippen LogP contribution in [0.2, 0.25) is 5.02 Å². The van der Waals surface area contributed by atoms with Crippen LogP contribution >= 0.6 is 11.6 Å². The van der Waals surface area contributed by atoms with Gasteiger partial charge in [0.2, 0.25) is 0 Å². The summed E-state index contributed by atoms with van der Waals surface area (Å²) >= 11 is 5.99. The second kappa shape index (κ2) is 6.06. The minimum atomic E-state index is -3.85. The Balaban J connectivity index is 2.11. The summed E-state index contributed by atoms with van der Waals surface area (Å²) < 4.78 is 50.7. The van der Waals surface area contributed by atoms with Crippen molar-refractivity contribution in [3.8, 4) is 0 Å². The predicted molar refractivity (Wildman–Crippen MR) is 93.9 cm³/mol. The molecule has 0 spiro atoms. The molecule has 0 unspecified atom stereocenters. The largest absolute Gasteiger partial charge is 0.266 e. The first-order valence-electron chi connectivity index (χ1n) is 7.31. The third kappa shape index (κ3) is 3.16. The third-order valence-corrected chi connectivity index (χ3v) is 7.09. The van der Waals surface area contributed by atoms with Crippen molar-refractivity contribution in [2.45, 2.75) is 22.6 Å². The summed E-state index contributed by atoms with van der Waals surface area (Å²) in [6.45, 7) is 0.347. The molecule has 0 bridgehead atoms. The second-order valence-corrected chi connectivity index (χ2v) is 10.0. The average Bonchev–Trinajstić information content (AvgIpc) is 2.53. The zero-order valence-corrected chi connectivity index (χ0v) is 15.3. The van der Waals surface area contributed by atoms with E-state index in [-0.39, 0.29) is 9.79 Å². The highest BCUT2D eigenvalue weighted by Gasteiger charge is 2.29. The van der Waals surface area contributed by atoms with Crippen LogP contribution in [0.5, 0.6) is 0 Å². The molecule has 2 aromatic carbocycles. The van der Waals surface area contributed by atoms with Gasteiger partial charge in [-0.25, -0.2) is 16.8 Å². The predicted octanol–water partition coefficient (Wildman–Crippen LogP) is 2.89. The molecule has 0 radical (unpaired) electrons. The maximum absolute atomic E-state index is 13.0. The van der Waals surface area contributed by atoms with Crippen molar-refractivity contribution in [2.75, 3.05) is 17.1 Å². The Kier molecular flexibility index (Phi) is 4.36. The number of anilines is 1. The van der Waals surface area contributed by atoms with E-state index in [9.17, 15) is 16.8 Å². The van der Waals surface area contributed by atoms with Crippen molar-refractivity contribution in [3.63, 3.8) is 0 Å². The van der Waals surface area contributed by atoms with Crippen LogP contribution in [0, 0.1) is 0 Å². The molecule has 0 amide bonds. The molecule has 1 aliphatic heterocycles. The lowest BCUT2D eigenvalue weighted by Crippen LogP contribution is -2.35. The summed E-state index contributed by atoms with van der Waals surface area (Å²) in [4.78, 5) is -0.0508. The van der Waals surface area contributed by atoms with Gasteiger partial charge in [-0.1, -0.05) is 17.7 Å². The molecule has 0 atom stereocenters. The minimum Gasteiger partial charge on any atom is -0.266 e. The van der Waals surface area contributed by atoms with E-state index >= 15 is 0 Å². The average molecular weight is 386 g/mol. The van der Waals surface area contributed by atoms with Gasteiger partial charge in [0.15, 0.2) is 9.84 Å². The van der Waals surface area contributed by atoms with Crippen molar-refractivity contribution in [3.05, 3.63) is 53.1 Å². The molecule has 5 nitrogen and oxygen atoms in total. The van der Waals surface area contributed by atoms with E-state index in [1.807, 2.05) is 0 Å². The van der Waals surface area contributed by atoms with Gasteiger partial charge in [-0.2, -0.15) is 0 Å². The third-order valence-electron chi connectivity index (χ3n) is 3.94. The van der Waals surface area contributed by atoms with Crippen molar-refractivity contribution < 1.29 is 16.8 Å². The molecule has 0 fully saturated rings. The molecule has 8 heteroatoms. The highest BCUT2D eigenvalue weighted by atomic mass is 35.5. The van der Waals surface area contributed by atoms with Crippen molar-refractivity contribution in [2.24, 2.45) is 0 Å². The van der Waals surface area contributed by atoms with Crippen LogP contribution in [0.3, 0.4) is 0 Å². The van der Waals surface area contributed by atoms with Crippen molar-refractivity contribution in [1.29, 1.82) is 0 Å². The molecule has 0 aliphatic carbocycles. The van der Waals surface area contributed by atoms with Gasteiger partial charge >= 0.3 is 0 Å². The van der Waals surface area contributed by atoms with Crippen molar-refractivity contribution in [1.82, 2.24) is 0 Å². The van der Waals surface area contributed by atoms with Gasteiger partial charge in [-0.3, -0.25) is 4.31 Å². The lowest BCUT2D eigenvalue weighted by molar-refractivity contribution is 0.586. The van der Waals surface area contributed by atoms with E-state index in [4.69, 9.17) is 11.6 Å². The van der Waals surface area contributed by atoms with Crippen LogP contribution < -0.4 is 4.31 Å². The zero-order valence-electron chi connectivity index (χ0n) is 12.9. The van der Waals surface area contributed by atoms with Crippen LogP contribution in [0.4, 0.5) is 5.69 Å². The number of hydrogen-bond donors (Lipinski definition) is 0. The van der Waals surface area contributed by atoms with Crippen LogP contribution in [0.25, 0.3) is 0 Å². The summed E-state index contributed by atoms with van der Waals surface area (Å²) in [6.07, 6.45) is 2.49. The fourth-order valence-electron chi connectivity index (χ4n) is 2.77. The number of benzene rings is 2. The summed E-state index contributed by atoms with van der Waals surface area (Å²) in [5, 5.41) is 0.562. The normalized spacial score (nSPS) is 15.2. The molecule has 1 aliphatic rings. The lowest BCUT2D eigenvalue weighted by Gasteiger charge is -2.30. The van der Waals surface area contributed by atoms with Crippen LogP contribution in [-0.4, -0.2) is 29.6 Å². The summed E-state index contributed by atoms with van der Waals surface area (Å²) in [5.41, 5.74) is 1.46. The monoisotopic (exact) mass is 385 g/mol. The Labute approximate surface area is 146 Å². The van der Waals surface area contributed by atoms with Gasteiger partial charge in [0.05, 0.1) is 15.5 Å². The molecule has 1 heterocycles. The second-order valence-electron chi connectivity index (χ2n) is 5.70. The van der Waals surface area contributed by atoms with E-state index in [0.717, 1.165) is 18.2 Å². The zero-order chi connectivity index (χ0) is 17.5. The summed E-state index contributed by atoms with van der Waals surface area (Å²) in [5.74, 6) is 0. The quantitative estimate of drug-likeness (QED) is 0.814. The Morgan fingerprint density at radius 1 is 1.00 bits per heavy atom. The lowest BCUT2D eigenvalue weighted by atomic mass is 10.0. The fourth-order valence-corrected chi connectivity index (χ4v) is 5.30. The number of nitrogens with zero attached hydrogens (tertiary/aromatic N) is 1. The topological polar surface area (TPSA) is 71.5 Å². The first kappa shape index (κ1) is 17.3. The van der Waals surface area contributed by atoms with Crippen LogP contribution in [0.1, 0.15) is 12.0 Å². The number of aryl methyl sites for hydroxylation is 1. The van der Waals surface area contributed by atoms with Gasteiger partial charge in [0.25, 0.3) is 10.0 Å². The molecule has 2 aromatic rings. The Hall–Kier alpha value is -1.57. The first-order valence-corrected chi connectivity index (χ1v) is 11.0. The molecule has 0 N–H and O–H groups in total. The minimum absolute atomic E-state index is 0.0167. The highest BCUT2D eigenvalue weighted by Crippen LogP contribution is 2.34. The Morgan fingerprint density at radius 3 is 2.42 bits per heavy atom. The molecular weight excluding hydrogens is 370 g/mol. The number of fused-ring (bicyclic) bond motifs is 1. The molecular formula is C16H16ClNO4S2. The van der Waals surface area contributed by atoms with Crippen LogP contribution in [0.15, 0.2) is 52.3 Å². The number of rotatable bonds is 3. The Bertz CT molecular complexity index is 1000. The van der Waals surface area contributed by atoms with Gasteiger partial charge in [-0.15, -0.1) is 0 Å². The van der Waals surface area contributed by atoms with E-state index in [1.165, 1.54) is 28.6 Å². The summed E-state index contributed by atoms with van der Waals surface area (Å²) in [6, 6.07) is 10.6.